The number of rotatable bonds is 2. The second-order valence-corrected chi connectivity index (χ2v) is 4.41. The first kappa shape index (κ1) is 9.65. The van der Waals surface area contributed by atoms with E-state index >= 15 is 0 Å². The van der Waals surface area contributed by atoms with E-state index in [2.05, 4.69) is 15.0 Å². The second-order valence-electron chi connectivity index (χ2n) is 4.05. The summed E-state index contributed by atoms with van der Waals surface area (Å²) >= 11 is 5.97. The summed E-state index contributed by atoms with van der Waals surface area (Å²) in [4.78, 5) is 22.1. The molecular formula is C9H10ClN5O. The van der Waals surface area contributed by atoms with Gasteiger partial charge in [-0.25, -0.2) is 4.79 Å². The average Bonchev–Trinajstić information content (AvgIpc) is 2.93. The van der Waals surface area contributed by atoms with Crippen molar-refractivity contribution in [3.63, 3.8) is 0 Å². The fraction of sp³-hybridized carbons (Fsp3) is 0.444. The van der Waals surface area contributed by atoms with Crippen LogP contribution in [0.4, 0.5) is 5.95 Å². The summed E-state index contributed by atoms with van der Waals surface area (Å²) in [5, 5.41) is 0.224. The lowest BCUT2D eigenvalue weighted by Gasteiger charge is -2.02. The number of H-pyrrole nitrogens is 1. The van der Waals surface area contributed by atoms with Gasteiger partial charge in [0.15, 0.2) is 10.8 Å². The van der Waals surface area contributed by atoms with Crippen LogP contribution in [-0.4, -0.2) is 19.5 Å². The number of anilines is 1. The maximum atomic E-state index is 11.7. The molecule has 1 aliphatic rings. The van der Waals surface area contributed by atoms with Crippen molar-refractivity contribution in [3.8, 4) is 0 Å². The van der Waals surface area contributed by atoms with Crippen LogP contribution in [0.5, 0.6) is 0 Å². The predicted octanol–water partition coefficient (Wildman–Crippen LogP) is 0.765. The van der Waals surface area contributed by atoms with E-state index in [1.54, 1.807) is 4.57 Å². The van der Waals surface area contributed by atoms with Crippen LogP contribution in [0.15, 0.2) is 4.79 Å². The zero-order valence-corrected chi connectivity index (χ0v) is 9.16. The van der Waals surface area contributed by atoms with E-state index in [-0.39, 0.29) is 16.8 Å². The van der Waals surface area contributed by atoms with Crippen molar-refractivity contribution in [1.82, 2.24) is 19.5 Å². The smallest absolute Gasteiger partial charge is 0.327 e. The van der Waals surface area contributed by atoms with E-state index in [1.807, 2.05) is 0 Å². The fourth-order valence-corrected chi connectivity index (χ4v) is 2.05. The lowest BCUT2D eigenvalue weighted by molar-refractivity contribution is 0.624. The Balaban J connectivity index is 2.25. The van der Waals surface area contributed by atoms with Gasteiger partial charge in [0.25, 0.3) is 0 Å². The topological polar surface area (TPSA) is 89.6 Å². The average molecular weight is 240 g/mol. The Kier molecular flexibility index (Phi) is 1.94. The number of imidazole rings is 1. The van der Waals surface area contributed by atoms with Gasteiger partial charge in [-0.2, -0.15) is 9.97 Å². The van der Waals surface area contributed by atoms with Crippen LogP contribution in [0.1, 0.15) is 12.8 Å². The summed E-state index contributed by atoms with van der Waals surface area (Å²) in [5.74, 6) is 0.641. The molecule has 0 unspecified atom stereocenters. The lowest BCUT2D eigenvalue weighted by Crippen LogP contribution is -2.17. The van der Waals surface area contributed by atoms with Crippen LogP contribution in [0.2, 0.25) is 5.15 Å². The van der Waals surface area contributed by atoms with Gasteiger partial charge in [0.05, 0.1) is 0 Å². The van der Waals surface area contributed by atoms with E-state index in [0.29, 0.717) is 23.6 Å². The molecule has 2 heterocycles. The number of aromatic nitrogens is 4. The van der Waals surface area contributed by atoms with E-state index in [4.69, 9.17) is 17.3 Å². The minimum absolute atomic E-state index is 0.0670. The van der Waals surface area contributed by atoms with Crippen LogP contribution in [0.3, 0.4) is 0 Å². The Morgan fingerprint density at radius 2 is 2.25 bits per heavy atom. The predicted molar refractivity (Wildman–Crippen MR) is 60.3 cm³/mol. The number of nitrogen functional groups attached to an aromatic ring is 1. The van der Waals surface area contributed by atoms with Crippen molar-refractivity contribution >= 4 is 28.7 Å². The SMILES string of the molecule is Nc1nc(Cl)c2c(n1)[nH]c(=O)n2CC1CC1. The molecule has 0 aromatic carbocycles. The van der Waals surface area contributed by atoms with Crippen molar-refractivity contribution in [2.24, 2.45) is 5.92 Å². The van der Waals surface area contributed by atoms with Crippen molar-refractivity contribution in [1.29, 1.82) is 0 Å². The maximum Gasteiger partial charge on any atom is 0.327 e. The quantitative estimate of drug-likeness (QED) is 0.758. The minimum atomic E-state index is -0.205. The minimum Gasteiger partial charge on any atom is -0.368 e. The zero-order valence-electron chi connectivity index (χ0n) is 8.40. The monoisotopic (exact) mass is 239 g/mol. The second kappa shape index (κ2) is 3.21. The van der Waals surface area contributed by atoms with Gasteiger partial charge in [0, 0.05) is 6.54 Å². The van der Waals surface area contributed by atoms with Gasteiger partial charge in [-0.3, -0.25) is 9.55 Å². The van der Waals surface area contributed by atoms with Gasteiger partial charge in [0.1, 0.15) is 5.52 Å². The highest BCUT2D eigenvalue weighted by atomic mass is 35.5. The highest BCUT2D eigenvalue weighted by molar-refractivity contribution is 6.33. The van der Waals surface area contributed by atoms with Crippen LogP contribution >= 0.6 is 11.6 Å². The summed E-state index contributed by atoms with van der Waals surface area (Å²) in [6, 6.07) is 0. The van der Waals surface area contributed by atoms with E-state index in [0.717, 1.165) is 12.8 Å². The molecule has 0 atom stereocenters. The van der Waals surface area contributed by atoms with Gasteiger partial charge in [-0.15, -0.1) is 0 Å². The summed E-state index contributed by atoms with van der Waals surface area (Å²) in [7, 11) is 0. The molecule has 6 nitrogen and oxygen atoms in total. The van der Waals surface area contributed by atoms with Gasteiger partial charge in [0.2, 0.25) is 5.95 Å². The number of hydrogen-bond acceptors (Lipinski definition) is 4. The molecule has 0 radical (unpaired) electrons. The Labute approximate surface area is 95.4 Å². The molecule has 1 aliphatic carbocycles. The van der Waals surface area contributed by atoms with Crippen LogP contribution in [0, 0.1) is 5.92 Å². The van der Waals surface area contributed by atoms with Gasteiger partial charge in [-0.05, 0) is 18.8 Å². The molecule has 7 heteroatoms. The molecule has 16 heavy (non-hydrogen) atoms. The summed E-state index contributed by atoms with van der Waals surface area (Å²) in [5.41, 5.74) is 6.21. The van der Waals surface area contributed by atoms with Crippen LogP contribution < -0.4 is 11.4 Å². The zero-order chi connectivity index (χ0) is 11.3. The third-order valence-electron chi connectivity index (χ3n) is 2.74. The molecule has 2 aromatic heterocycles. The largest absolute Gasteiger partial charge is 0.368 e. The van der Waals surface area contributed by atoms with Crippen molar-refractivity contribution in [2.45, 2.75) is 19.4 Å². The molecule has 0 amide bonds. The van der Waals surface area contributed by atoms with E-state index in [1.165, 1.54) is 0 Å². The Morgan fingerprint density at radius 1 is 1.50 bits per heavy atom. The summed E-state index contributed by atoms with van der Waals surface area (Å²) < 4.78 is 1.59. The highest BCUT2D eigenvalue weighted by Gasteiger charge is 2.24. The van der Waals surface area contributed by atoms with Crippen molar-refractivity contribution in [3.05, 3.63) is 15.6 Å². The first-order chi connectivity index (χ1) is 7.65. The number of halogens is 1. The molecule has 3 rings (SSSR count). The van der Waals surface area contributed by atoms with E-state index in [9.17, 15) is 4.79 Å². The third-order valence-corrected chi connectivity index (χ3v) is 3.00. The van der Waals surface area contributed by atoms with E-state index < -0.39 is 0 Å². The summed E-state index contributed by atoms with van der Waals surface area (Å²) in [6.07, 6.45) is 2.32. The molecule has 0 aliphatic heterocycles. The van der Waals surface area contributed by atoms with Crippen LogP contribution in [0.25, 0.3) is 11.2 Å². The molecule has 1 fully saturated rings. The summed E-state index contributed by atoms with van der Waals surface area (Å²) in [6.45, 7) is 0.672. The molecule has 3 N–H and O–H groups in total. The number of aromatic amines is 1. The molecule has 1 saturated carbocycles. The number of nitrogens with one attached hydrogen (secondary N) is 1. The fourth-order valence-electron chi connectivity index (χ4n) is 1.77. The Hall–Kier alpha value is -1.56. The molecule has 2 aromatic rings. The standard InChI is InChI=1S/C9H10ClN5O/c10-6-5-7(13-8(11)12-6)14-9(16)15(5)3-4-1-2-4/h4H,1-3H2,(H3,11,12,13,14,16). The molecule has 0 bridgehead atoms. The normalized spacial score (nSPS) is 15.8. The number of hydrogen-bond donors (Lipinski definition) is 2. The Bertz CT molecular complexity index is 612. The van der Waals surface area contributed by atoms with Crippen molar-refractivity contribution < 1.29 is 0 Å². The van der Waals surface area contributed by atoms with Crippen molar-refractivity contribution in [2.75, 3.05) is 5.73 Å². The van der Waals surface area contributed by atoms with Gasteiger partial charge < -0.3 is 5.73 Å². The van der Waals surface area contributed by atoms with Gasteiger partial charge >= 0.3 is 5.69 Å². The van der Waals surface area contributed by atoms with Crippen LogP contribution in [-0.2, 0) is 6.54 Å². The molecule has 0 saturated heterocycles. The molecule has 0 spiro atoms. The number of nitrogens with zero attached hydrogens (tertiary/aromatic N) is 3. The maximum absolute atomic E-state index is 11.7. The molecule has 84 valence electrons. The lowest BCUT2D eigenvalue weighted by atomic mass is 10.4. The Morgan fingerprint density at radius 3 is 2.94 bits per heavy atom. The highest BCUT2D eigenvalue weighted by Crippen LogP contribution is 2.31. The number of nitrogens with two attached hydrogens (primary N) is 1. The first-order valence-electron chi connectivity index (χ1n) is 5.06. The van der Waals surface area contributed by atoms with Gasteiger partial charge in [-0.1, -0.05) is 11.6 Å². The molecular weight excluding hydrogens is 230 g/mol. The number of fused-ring (bicyclic) bond motifs is 1. The first-order valence-corrected chi connectivity index (χ1v) is 5.44. The third kappa shape index (κ3) is 1.46.